The van der Waals surface area contributed by atoms with Crippen molar-refractivity contribution in [2.75, 3.05) is 44.3 Å². The topological polar surface area (TPSA) is 93.1 Å². The third kappa shape index (κ3) is 4.78. The van der Waals surface area contributed by atoms with E-state index in [2.05, 4.69) is 55.0 Å². The van der Waals surface area contributed by atoms with Gasteiger partial charge in [-0.1, -0.05) is 12.1 Å². The highest BCUT2D eigenvalue weighted by Crippen LogP contribution is 2.39. The van der Waals surface area contributed by atoms with Crippen LogP contribution in [0.5, 0.6) is 0 Å². The maximum atomic E-state index is 14.1. The van der Waals surface area contributed by atoms with Gasteiger partial charge in [-0.25, -0.2) is 19.3 Å². The summed E-state index contributed by atoms with van der Waals surface area (Å²) in [5, 5.41) is 4.30. The van der Waals surface area contributed by atoms with Crippen LogP contribution in [0, 0.1) is 12.7 Å². The Morgan fingerprint density at radius 3 is 2.38 bits per heavy atom. The summed E-state index contributed by atoms with van der Waals surface area (Å²) in [6.45, 7) is 6.43. The van der Waals surface area contributed by atoms with E-state index in [-0.39, 0.29) is 5.82 Å². The molecule has 3 aromatic heterocycles. The number of nitrogen functional groups attached to an aromatic ring is 1. The molecule has 7 rings (SSSR count). The van der Waals surface area contributed by atoms with E-state index in [1.807, 2.05) is 29.8 Å². The number of aryl methyl sites for hydroxylation is 2. The first-order chi connectivity index (χ1) is 20.4. The van der Waals surface area contributed by atoms with Gasteiger partial charge in [0.25, 0.3) is 0 Å². The Morgan fingerprint density at radius 1 is 0.929 bits per heavy atom. The van der Waals surface area contributed by atoms with Gasteiger partial charge >= 0.3 is 0 Å². The van der Waals surface area contributed by atoms with E-state index in [0.717, 1.165) is 59.3 Å². The number of nitrogens with one attached hydrogen (secondary N) is 1. The Labute approximate surface area is 245 Å². The lowest BCUT2D eigenvalue weighted by atomic mass is 9.89. The van der Waals surface area contributed by atoms with E-state index in [0.29, 0.717) is 34.9 Å². The summed E-state index contributed by atoms with van der Waals surface area (Å²) in [5.41, 5.74) is 12.5. The highest BCUT2D eigenvalue weighted by molar-refractivity contribution is 6.00. The molecule has 10 heteroatoms. The standard InChI is InChI=1S/C32H38FN9/c1-20-16-28-27(17-26(20)33)38-32(40(28)3)37-22-6-4-21(5-7-22)25-18-42(31-29(25)30(34)35-19-36-31)24-10-8-23(9-11-24)41-14-12-39(2)13-15-41/h4-7,16-19,23-24H,8-15H2,1-3H3,(H,37,38)(H2,34,35,36)/t23-,24+. The minimum absolute atomic E-state index is 0.248. The maximum absolute atomic E-state index is 14.1. The van der Waals surface area contributed by atoms with Gasteiger partial charge in [0.1, 0.15) is 23.6 Å². The number of hydrogen-bond acceptors (Lipinski definition) is 7. The van der Waals surface area contributed by atoms with Crippen molar-refractivity contribution in [3.8, 4) is 11.1 Å². The number of imidazole rings is 1. The molecular weight excluding hydrogens is 529 g/mol. The second-order valence-electron chi connectivity index (χ2n) is 12.0. The lowest BCUT2D eigenvalue weighted by Gasteiger charge is -2.41. The van der Waals surface area contributed by atoms with Crippen LogP contribution >= 0.6 is 0 Å². The van der Waals surface area contributed by atoms with Gasteiger partial charge in [-0.15, -0.1) is 0 Å². The minimum Gasteiger partial charge on any atom is -0.383 e. The zero-order valence-corrected chi connectivity index (χ0v) is 24.5. The molecule has 0 atom stereocenters. The number of nitrogens with zero attached hydrogens (tertiary/aromatic N) is 7. The molecule has 0 bridgehead atoms. The third-order valence-corrected chi connectivity index (χ3v) is 9.37. The number of benzene rings is 2. The first-order valence-corrected chi connectivity index (χ1v) is 14.9. The van der Waals surface area contributed by atoms with Crippen LogP contribution in [0.3, 0.4) is 0 Å². The quantitative estimate of drug-likeness (QED) is 0.290. The lowest BCUT2D eigenvalue weighted by Crippen LogP contribution is -2.49. The first kappa shape index (κ1) is 26.9. The van der Waals surface area contributed by atoms with Crippen molar-refractivity contribution in [3.05, 3.63) is 60.3 Å². The molecule has 0 unspecified atom stereocenters. The number of rotatable bonds is 5. The van der Waals surface area contributed by atoms with E-state index in [1.54, 1.807) is 13.3 Å². The molecule has 1 aliphatic carbocycles. The van der Waals surface area contributed by atoms with Crippen LogP contribution in [0.1, 0.15) is 37.3 Å². The SMILES string of the molecule is Cc1cc2c(cc1F)nc(Nc1ccc(-c3cn([C@H]4CC[C@@H](N5CCN(C)CC5)CC4)c4ncnc(N)c34)cc1)n2C. The van der Waals surface area contributed by atoms with E-state index in [1.165, 1.54) is 32.0 Å². The molecule has 0 amide bonds. The molecule has 3 N–H and O–H groups in total. The number of hydrogen-bond donors (Lipinski definition) is 2. The van der Waals surface area contributed by atoms with Crippen LogP contribution in [-0.4, -0.2) is 73.2 Å². The van der Waals surface area contributed by atoms with Crippen molar-refractivity contribution in [3.63, 3.8) is 0 Å². The number of likely N-dealkylation sites (N-methyl/N-ethyl adjacent to an activating group) is 1. The lowest BCUT2D eigenvalue weighted by molar-refractivity contribution is 0.0828. The van der Waals surface area contributed by atoms with Crippen molar-refractivity contribution >= 4 is 39.5 Å². The maximum Gasteiger partial charge on any atom is 0.208 e. The second kappa shape index (κ2) is 10.7. The van der Waals surface area contributed by atoms with Crippen LogP contribution in [-0.2, 0) is 7.05 Å². The molecule has 2 fully saturated rings. The summed E-state index contributed by atoms with van der Waals surface area (Å²) >= 11 is 0. The smallest absolute Gasteiger partial charge is 0.208 e. The number of piperazine rings is 1. The van der Waals surface area contributed by atoms with Crippen molar-refractivity contribution in [1.82, 2.24) is 33.9 Å². The fourth-order valence-corrected chi connectivity index (χ4v) is 6.79. The van der Waals surface area contributed by atoms with Crippen LogP contribution in [0.4, 0.5) is 21.8 Å². The molecule has 0 radical (unpaired) electrons. The molecule has 1 saturated carbocycles. The summed E-state index contributed by atoms with van der Waals surface area (Å²) in [4.78, 5) is 18.8. The van der Waals surface area contributed by atoms with Crippen molar-refractivity contribution in [2.24, 2.45) is 7.05 Å². The van der Waals surface area contributed by atoms with Gasteiger partial charge in [-0.3, -0.25) is 4.90 Å². The average Bonchev–Trinajstić information content (AvgIpc) is 3.53. The normalized spacial score (nSPS) is 20.5. The van der Waals surface area contributed by atoms with Gasteiger partial charge in [0.05, 0.1) is 16.4 Å². The van der Waals surface area contributed by atoms with E-state index < -0.39 is 0 Å². The van der Waals surface area contributed by atoms with Crippen LogP contribution in [0.2, 0.25) is 0 Å². The Morgan fingerprint density at radius 2 is 1.64 bits per heavy atom. The molecule has 1 saturated heterocycles. The molecule has 42 heavy (non-hydrogen) atoms. The highest BCUT2D eigenvalue weighted by atomic mass is 19.1. The van der Waals surface area contributed by atoms with E-state index in [4.69, 9.17) is 10.7 Å². The summed E-state index contributed by atoms with van der Waals surface area (Å²) in [6.07, 6.45) is 8.48. The van der Waals surface area contributed by atoms with Gasteiger partial charge in [-0.2, -0.15) is 0 Å². The molecule has 9 nitrogen and oxygen atoms in total. The molecule has 2 aliphatic rings. The van der Waals surface area contributed by atoms with Crippen LogP contribution in [0.15, 0.2) is 48.9 Å². The van der Waals surface area contributed by atoms with Crippen molar-refractivity contribution in [1.29, 1.82) is 0 Å². The Balaban J connectivity index is 1.13. The first-order valence-electron chi connectivity index (χ1n) is 14.9. The fraction of sp³-hybridized carbons (Fsp3) is 0.406. The highest BCUT2D eigenvalue weighted by Gasteiger charge is 2.30. The predicted molar refractivity (Wildman–Crippen MR) is 166 cm³/mol. The third-order valence-electron chi connectivity index (χ3n) is 9.37. The van der Waals surface area contributed by atoms with E-state index in [9.17, 15) is 4.39 Å². The minimum atomic E-state index is -0.248. The summed E-state index contributed by atoms with van der Waals surface area (Å²) in [7, 11) is 4.15. The Bertz CT molecular complexity index is 1740. The number of aromatic nitrogens is 5. The second-order valence-corrected chi connectivity index (χ2v) is 12.0. The zero-order chi connectivity index (χ0) is 29.0. The monoisotopic (exact) mass is 567 g/mol. The van der Waals surface area contributed by atoms with Crippen LogP contribution < -0.4 is 11.1 Å². The van der Waals surface area contributed by atoms with Crippen molar-refractivity contribution < 1.29 is 4.39 Å². The largest absolute Gasteiger partial charge is 0.383 e. The molecular formula is C32H38FN9. The Hall–Kier alpha value is -4.02. The molecule has 0 spiro atoms. The fourth-order valence-electron chi connectivity index (χ4n) is 6.79. The Kier molecular flexibility index (Phi) is 6.82. The molecule has 1 aliphatic heterocycles. The van der Waals surface area contributed by atoms with E-state index >= 15 is 0 Å². The van der Waals surface area contributed by atoms with Crippen molar-refractivity contribution in [2.45, 2.75) is 44.7 Å². The number of halogens is 1. The summed E-state index contributed by atoms with van der Waals surface area (Å²) in [6, 6.07) is 12.6. The summed E-state index contributed by atoms with van der Waals surface area (Å²) < 4.78 is 18.4. The molecule has 5 aromatic rings. The molecule has 2 aromatic carbocycles. The van der Waals surface area contributed by atoms with Gasteiger partial charge in [0, 0.05) is 68.8 Å². The zero-order valence-electron chi connectivity index (χ0n) is 24.5. The van der Waals surface area contributed by atoms with Crippen LogP contribution in [0.25, 0.3) is 33.2 Å². The summed E-state index contributed by atoms with van der Waals surface area (Å²) in [5.74, 6) is 0.912. The van der Waals surface area contributed by atoms with Gasteiger partial charge in [0.2, 0.25) is 5.95 Å². The molecule has 4 heterocycles. The average molecular weight is 568 g/mol. The van der Waals surface area contributed by atoms with Gasteiger partial charge < -0.3 is 25.1 Å². The number of nitrogens with two attached hydrogens (primary N) is 1. The predicted octanol–water partition coefficient (Wildman–Crippen LogP) is 5.49. The van der Waals surface area contributed by atoms with Gasteiger partial charge in [-0.05, 0) is 69.0 Å². The molecule has 218 valence electrons. The number of fused-ring (bicyclic) bond motifs is 2. The van der Waals surface area contributed by atoms with Gasteiger partial charge in [0.15, 0.2) is 0 Å². The number of anilines is 3.